The Morgan fingerprint density at radius 1 is 0.875 bits per heavy atom. The number of Topliss-reactive ketones (excluding diaryl/α,β-unsaturated/α-hetero) is 1. The van der Waals surface area contributed by atoms with Gasteiger partial charge < -0.3 is 24.1 Å². The van der Waals surface area contributed by atoms with Crippen molar-refractivity contribution in [3.8, 4) is 23.0 Å². The normalized spacial score (nSPS) is 23.2. The van der Waals surface area contributed by atoms with Crippen LogP contribution in [-0.2, 0) is 14.3 Å². The second-order valence-electron chi connectivity index (χ2n) is 10.8. The summed E-state index contributed by atoms with van der Waals surface area (Å²) in [4.78, 5) is 32.6. The Labute approximate surface area is 235 Å². The summed E-state index contributed by atoms with van der Waals surface area (Å²) in [5.74, 6) is -0.319. The molecule has 40 heavy (non-hydrogen) atoms. The number of carbonyl (C=O) groups is 2. The third-order valence-corrected chi connectivity index (χ3v) is 8.42. The molecular weight excluding hydrogens is 510 g/mol. The lowest BCUT2D eigenvalue weighted by Crippen LogP contribution is -2.39. The summed E-state index contributed by atoms with van der Waals surface area (Å²) in [5, 5.41) is 10.3. The quantitative estimate of drug-likeness (QED) is 0.433. The van der Waals surface area contributed by atoms with Gasteiger partial charge in [-0.15, -0.1) is 0 Å². The zero-order valence-corrected chi connectivity index (χ0v) is 23.6. The van der Waals surface area contributed by atoms with Crippen LogP contribution in [0.3, 0.4) is 0 Å². The predicted octanol–water partition coefficient (Wildman–Crippen LogP) is 5.87. The maximum Gasteiger partial charge on any atom is 0.315 e. The summed E-state index contributed by atoms with van der Waals surface area (Å²) in [7, 11) is 4.66. The molecule has 0 amide bonds. The number of aromatic hydroxyl groups is 1. The number of ether oxygens (including phenoxy) is 4. The molecule has 1 N–H and O–H groups in total. The van der Waals surface area contributed by atoms with Crippen molar-refractivity contribution in [3.05, 3.63) is 58.8 Å². The first kappa shape index (κ1) is 27.7. The molecule has 1 unspecified atom stereocenters. The van der Waals surface area contributed by atoms with Crippen molar-refractivity contribution in [1.82, 2.24) is 0 Å². The highest BCUT2D eigenvalue weighted by Crippen LogP contribution is 2.48. The standard InChI is InChI=1S/C32H37NO7/c1-18-29(32(36)40-22-8-6-5-7-9-22)30(20-10-12-24(34)27(17-20)38-3)31-23(33-18)14-21(15-25(31)35)19-11-13-26(37-2)28(16-19)39-4/h10-13,16-17,21-22,29-30,34H,5-9,14-15H2,1-4H3/t21-,29?,30-/m1/s1. The number of aliphatic imine (C=N–C) groups is 1. The van der Waals surface area contributed by atoms with Gasteiger partial charge in [0.15, 0.2) is 28.8 Å². The van der Waals surface area contributed by atoms with Crippen LogP contribution in [0.1, 0.15) is 74.8 Å². The van der Waals surface area contributed by atoms with Gasteiger partial charge in [-0.25, -0.2) is 0 Å². The number of nitrogens with zero attached hydrogens (tertiary/aromatic N) is 1. The van der Waals surface area contributed by atoms with Gasteiger partial charge in [0.05, 0.1) is 21.3 Å². The molecule has 8 nitrogen and oxygen atoms in total. The Bertz CT molecular complexity index is 1360. The molecule has 3 aliphatic rings. The molecule has 2 aromatic carbocycles. The third kappa shape index (κ3) is 5.31. The summed E-state index contributed by atoms with van der Waals surface area (Å²) >= 11 is 0. The minimum Gasteiger partial charge on any atom is -0.504 e. The van der Waals surface area contributed by atoms with Crippen molar-refractivity contribution in [2.24, 2.45) is 10.9 Å². The maximum absolute atomic E-state index is 13.9. The number of methoxy groups -OCH3 is 3. The fraction of sp³-hybridized carbons (Fsp3) is 0.469. The van der Waals surface area contributed by atoms with Gasteiger partial charge in [-0.2, -0.15) is 0 Å². The summed E-state index contributed by atoms with van der Waals surface area (Å²) in [5.41, 5.74) is 3.53. The zero-order chi connectivity index (χ0) is 28.4. The smallest absolute Gasteiger partial charge is 0.315 e. The molecule has 5 rings (SSSR count). The van der Waals surface area contributed by atoms with E-state index in [2.05, 4.69) is 0 Å². The highest BCUT2D eigenvalue weighted by Gasteiger charge is 2.45. The van der Waals surface area contributed by atoms with E-state index in [-0.39, 0.29) is 41.7 Å². The average molecular weight is 548 g/mol. The Hall–Kier alpha value is -3.81. The van der Waals surface area contributed by atoms with Crippen LogP contribution in [0.15, 0.2) is 52.7 Å². The van der Waals surface area contributed by atoms with Gasteiger partial charge in [-0.1, -0.05) is 18.6 Å². The van der Waals surface area contributed by atoms with Crippen LogP contribution in [-0.4, -0.2) is 50.0 Å². The number of allylic oxidation sites excluding steroid dienone is 2. The first-order chi connectivity index (χ1) is 19.3. The van der Waals surface area contributed by atoms with Crippen LogP contribution in [0.5, 0.6) is 23.0 Å². The van der Waals surface area contributed by atoms with Crippen molar-refractivity contribution in [2.75, 3.05) is 21.3 Å². The zero-order valence-electron chi connectivity index (χ0n) is 23.6. The van der Waals surface area contributed by atoms with Crippen molar-refractivity contribution in [2.45, 2.75) is 69.8 Å². The van der Waals surface area contributed by atoms with E-state index >= 15 is 0 Å². The summed E-state index contributed by atoms with van der Waals surface area (Å²) in [6, 6.07) is 10.7. The van der Waals surface area contributed by atoms with Crippen LogP contribution in [0.2, 0.25) is 0 Å². The third-order valence-electron chi connectivity index (χ3n) is 8.42. The van der Waals surface area contributed by atoms with Crippen LogP contribution >= 0.6 is 0 Å². The van der Waals surface area contributed by atoms with Gasteiger partial charge in [-0.3, -0.25) is 14.6 Å². The van der Waals surface area contributed by atoms with E-state index in [1.165, 1.54) is 7.11 Å². The minimum atomic E-state index is -0.739. The monoisotopic (exact) mass is 547 g/mol. The predicted molar refractivity (Wildman–Crippen MR) is 151 cm³/mol. The Balaban J connectivity index is 1.54. The molecule has 1 aliphatic heterocycles. The number of rotatable bonds is 7. The Kier molecular flexibility index (Phi) is 8.14. The molecule has 0 saturated heterocycles. The lowest BCUT2D eigenvalue weighted by Gasteiger charge is -2.37. The molecule has 0 aromatic heterocycles. The van der Waals surface area contributed by atoms with E-state index < -0.39 is 11.8 Å². The lowest BCUT2D eigenvalue weighted by molar-refractivity contribution is -0.153. The number of phenolic OH excluding ortho intramolecular Hbond substituents is 1. The van der Waals surface area contributed by atoms with Gasteiger partial charge in [0, 0.05) is 29.3 Å². The Morgan fingerprint density at radius 2 is 1.55 bits per heavy atom. The molecule has 1 heterocycles. The highest BCUT2D eigenvalue weighted by atomic mass is 16.5. The SMILES string of the molecule is COc1cc([C@H]2C3=C(C[C@@H](c4ccc(OC)c(OC)c4)CC3=O)N=C(C)C2C(=O)OC2CCCCC2)ccc1O. The van der Waals surface area contributed by atoms with E-state index in [0.717, 1.165) is 37.7 Å². The first-order valence-electron chi connectivity index (χ1n) is 13.9. The molecule has 1 saturated carbocycles. The topological polar surface area (TPSA) is 104 Å². The molecule has 2 aromatic rings. The van der Waals surface area contributed by atoms with Crippen molar-refractivity contribution < 1.29 is 33.6 Å². The van der Waals surface area contributed by atoms with Crippen LogP contribution in [0.25, 0.3) is 0 Å². The van der Waals surface area contributed by atoms with Gasteiger partial charge in [-0.05, 0) is 80.3 Å². The fourth-order valence-electron chi connectivity index (χ4n) is 6.38. The number of hydrogen-bond acceptors (Lipinski definition) is 8. The van der Waals surface area contributed by atoms with Gasteiger partial charge in [0.25, 0.3) is 0 Å². The van der Waals surface area contributed by atoms with E-state index in [1.54, 1.807) is 32.4 Å². The lowest BCUT2D eigenvalue weighted by atomic mass is 9.69. The van der Waals surface area contributed by atoms with E-state index in [0.29, 0.717) is 40.5 Å². The Morgan fingerprint density at radius 3 is 2.25 bits per heavy atom. The summed E-state index contributed by atoms with van der Waals surface area (Å²) in [6.07, 6.45) is 5.65. The highest BCUT2D eigenvalue weighted by molar-refractivity contribution is 6.09. The molecule has 212 valence electrons. The van der Waals surface area contributed by atoms with Gasteiger partial charge in [0.2, 0.25) is 0 Å². The number of esters is 1. The van der Waals surface area contributed by atoms with Crippen LogP contribution in [0, 0.1) is 5.92 Å². The number of ketones is 1. The van der Waals surface area contributed by atoms with Crippen LogP contribution < -0.4 is 14.2 Å². The summed E-state index contributed by atoms with van der Waals surface area (Å²) < 4.78 is 22.3. The van der Waals surface area contributed by atoms with Gasteiger partial charge in [0.1, 0.15) is 12.0 Å². The molecular formula is C32H37NO7. The van der Waals surface area contributed by atoms with E-state index in [4.69, 9.17) is 23.9 Å². The summed E-state index contributed by atoms with van der Waals surface area (Å²) in [6.45, 7) is 1.84. The number of benzene rings is 2. The fourth-order valence-corrected chi connectivity index (χ4v) is 6.38. The molecule has 0 radical (unpaired) electrons. The van der Waals surface area contributed by atoms with Gasteiger partial charge >= 0.3 is 5.97 Å². The van der Waals surface area contributed by atoms with Crippen molar-refractivity contribution in [3.63, 3.8) is 0 Å². The number of hydrogen-bond donors (Lipinski definition) is 1. The average Bonchev–Trinajstić information content (AvgIpc) is 2.96. The largest absolute Gasteiger partial charge is 0.504 e. The molecule has 3 atom stereocenters. The molecule has 0 bridgehead atoms. The molecule has 0 spiro atoms. The number of phenols is 1. The van der Waals surface area contributed by atoms with E-state index in [1.807, 2.05) is 25.1 Å². The molecule has 2 aliphatic carbocycles. The van der Waals surface area contributed by atoms with Crippen LogP contribution in [0.4, 0.5) is 0 Å². The van der Waals surface area contributed by atoms with E-state index in [9.17, 15) is 14.7 Å². The number of carbonyl (C=O) groups excluding carboxylic acids is 2. The van der Waals surface area contributed by atoms with Crippen molar-refractivity contribution in [1.29, 1.82) is 0 Å². The molecule has 8 heteroatoms. The minimum absolute atomic E-state index is 0.00790. The van der Waals surface area contributed by atoms with Crippen molar-refractivity contribution >= 4 is 17.5 Å². The molecule has 1 fully saturated rings. The maximum atomic E-state index is 13.9. The first-order valence-corrected chi connectivity index (χ1v) is 13.9. The second kappa shape index (κ2) is 11.7. The second-order valence-corrected chi connectivity index (χ2v) is 10.8.